The van der Waals surface area contributed by atoms with Crippen LogP contribution in [-0.4, -0.2) is 38.3 Å². The van der Waals surface area contributed by atoms with Crippen molar-refractivity contribution in [3.8, 4) is 0 Å². The van der Waals surface area contributed by atoms with Crippen LogP contribution in [0.5, 0.6) is 0 Å². The summed E-state index contributed by atoms with van der Waals surface area (Å²) in [5.74, 6) is 0.657. The molecular formula is C14H25N3OS. The standard InChI is InChI=1S/C14H25N3OS/c1-3-6-15-8-13-11-19-14(16-13)17(2)9-12-5-4-7-18-10-12/h11-12,15H,3-10H2,1-2H3. The van der Waals surface area contributed by atoms with Crippen LogP contribution in [0.15, 0.2) is 5.38 Å². The van der Waals surface area contributed by atoms with Crippen molar-refractivity contribution < 1.29 is 4.74 Å². The number of ether oxygens (including phenoxy) is 1. The van der Waals surface area contributed by atoms with Crippen molar-refractivity contribution >= 4 is 16.5 Å². The summed E-state index contributed by atoms with van der Waals surface area (Å²) in [6, 6.07) is 0. The van der Waals surface area contributed by atoms with Gasteiger partial charge in [0.1, 0.15) is 0 Å². The van der Waals surface area contributed by atoms with E-state index < -0.39 is 0 Å². The smallest absolute Gasteiger partial charge is 0.185 e. The van der Waals surface area contributed by atoms with Crippen LogP contribution in [0.4, 0.5) is 5.13 Å². The monoisotopic (exact) mass is 283 g/mol. The quantitative estimate of drug-likeness (QED) is 0.780. The Morgan fingerprint density at radius 2 is 2.47 bits per heavy atom. The van der Waals surface area contributed by atoms with Gasteiger partial charge in [-0.1, -0.05) is 6.92 Å². The highest BCUT2D eigenvalue weighted by molar-refractivity contribution is 7.13. The summed E-state index contributed by atoms with van der Waals surface area (Å²) in [5, 5.41) is 6.67. The van der Waals surface area contributed by atoms with Gasteiger partial charge in [0.15, 0.2) is 5.13 Å². The molecule has 0 amide bonds. The number of nitrogens with zero attached hydrogens (tertiary/aromatic N) is 2. The van der Waals surface area contributed by atoms with Crippen LogP contribution in [0, 0.1) is 5.92 Å². The molecule has 1 fully saturated rings. The lowest BCUT2D eigenvalue weighted by atomic mass is 10.0. The van der Waals surface area contributed by atoms with E-state index in [0.29, 0.717) is 5.92 Å². The van der Waals surface area contributed by atoms with Gasteiger partial charge < -0.3 is 15.0 Å². The molecule has 1 unspecified atom stereocenters. The van der Waals surface area contributed by atoms with Crippen LogP contribution in [-0.2, 0) is 11.3 Å². The highest BCUT2D eigenvalue weighted by atomic mass is 32.1. The van der Waals surface area contributed by atoms with E-state index >= 15 is 0 Å². The van der Waals surface area contributed by atoms with E-state index in [1.54, 1.807) is 11.3 Å². The van der Waals surface area contributed by atoms with E-state index in [2.05, 4.69) is 34.6 Å². The van der Waals surface area contributed by atoms with Crippen LogP contribution in [0.1, 0.15) is 31.9 Å². The van der Waals surface area contributed by atoms with Gasteiger partial charge in [0, 0.05) is 32.1 Å². The highest BCUT2D eigenvalue weighted by Gasteiger charge is 2.17. The van der Waals surface area contributed by atoms with Gasteiger partial charge in [-0.3, -0.25) is 0 Å². The molecule has 0 bridgehead atoms. The van der Waals surface area contributed by atoms with Crippen LogP contribution in [0.3, 0.4) is 0 Å². The molecule has 0 aromatic carbocycles. The minimum atomic E-state index is 0.657. The number of aromatic nitrogens is 1. The van der Waals surface area contributed by atoms with Gasteiger partial charge in [0.05, 0.1) is 12.3 Å². The molecule has 4 nitrogen and oxygen atoms in total. The van der Waals surface area contributed by atoms with Gasteiger partial charge in [-0.05, 0) is 31.7 Å². The first-order valence-electron chi connectivity index (χ1n) is 7.23. The molecule has 19 heavy (non-hydrogen) atoms. The second-order valence-electron chi connectivity index (χ2n) is 5.26. The fourth-order valence-electron chi connectivity index (χ4n) is 2.36. The largest absolute Gasteiger partial charge is 0.381 e. The van der Waals surface area contributed by atoms with Crippen LogP contribution in [0.25, 0.3) is 0 Å². The number of hydrogen-bond acceptors (Lipinski definition) is 5. The summed E-state index contributed by atoms with van der Waals surface area (Å²) in [6.07, 6.45) is 3.64. The fraction of sp³-hybridized carbons (Fsp3) is 0.786. The average molecular weight is 283 g/mol. The molecule has 1 aliphatic heterocycles. The molecule has 1 saturated heterocycles. The number of anilines is 1. The molecule has 108 valence electrons. The summed E-state index contributed by atoms with van der Waals surface area (Å²) in [5.41, 5.74) is 1.15. The molecule has 1 aliphatic rings. The Hall–Kier alpha value is -0.650. The van der Waals surface area contributed by atoms with E-state index in [1.165, 1.54) is 19.3 Å². The Morgan fingerprint density at radius 3 is 3.21 bits per heavy atom. The Bertz CT molecular complexity index is 363. The average Bonchev–Trinajstić information content (AvgIpc) is 2.89. The third-order valence-electron chi connectivity index (χ3n) is 3.39. The molecule has 1 N–H and O–H groups in total. The van der Waals surface area contributed by atoms with E-state index in [4.69, 9.17) is 4.74 Å². The lowest BCUT2D eigenvalue weighted by molar-refractivity contribution is 0.0576. The first-order chi connectivity index (χ1) is 9.29. The normalized spacial score (nSPS) is 19.6. The van der Waals surface area contributed by atoms with E-state index in [-0.39, 0.29) is 0 Å². The highest BCUT2D eigenvalue weighted by Crippen LogP contribution is 2.22. The number of nitrogens with one attached hydrogen (secondary N) is 1. The predicted molar refractivity (Wildman–Crippen MR) is 80.9 cm³/mol. The van der Waals surface area contributed by atoms with Gasteiger partial charge in [-0.15, -0.1) is 11.3 Å². The first-order valence-corrected chi connectivity index (χ1v) is 8.11. The maximum atomic E-state index is 5.54. The maximum absolute atomic E-state index is 5.54. The van der Waals surface area contributed by atoms with E-state index in [1.807, 2.05) is 0 Å². The third kappa shape index (κ3) is 4.75. The minimum Gasteiger partial charge on any atom is -0.381 e. The SMILES string of the molecule is CCCNCc1csc(N(C)CC2CCCOC2)n1. The van der Waals surface area contributed by atoms with Crippen molar-refractivity contribution in [2.75, 3.05) is 38.3 Å². The zero-order valence-electron chi connectivity index (χ0n) is 12.0. The van der Waals surface area contributed by atoms with Gasteiger partial charge in [0.25, 0.3) is 0 Å². The summed E-state index contributed by atoms with van der Waals surface area (Å²) in [4.78, 5) is 6.96. The van der Waals surface area contributed by atoms with Gasteiger partial charge in [-0.2, -0.15) is 0 Å². The Morgan fingerprint density at radius 1 is 1.58 bits per heavy atom. The lowest BCUT2D eigenvalue weighted by Gasteiger charge is -2.26. The second kappa shape index (κ2) is 7.82. The maximum Gasteiger partial charge on any atom is 0.185 e. The number of thiazole rings is 1. The Balaban J connectivity index is 1.79. The molecule has 2 rings (SSSR count). The first kappa shape index (κ1) is 14.8. The summed E-state index contributed by atoms with van der Waals surface area (Å²) < 4.78 is 5.54. The minimum absolute atomic E-state index is 0.657. The van der Waals surface area contributed by atoms with Gasteiger partial charge >= 0.3 is 0 Å². The number of rotatable bonds is 7. The zero-order valence-corrected chi connectivity index (χ0v) is 12.8. The van der Waals surface area contributed by atoms with Gasteiger partial charge in [-0.25, -0.2) is 4.98 Å². The Kier molecular flexibility index (Phi) is 6.07. The van der Waals surface area contributed by atoms with E-state index in [0.717, 1.165) is 43.7 Å². The van der Waals surface area contributed by atoms with E-state index in [9.17, 15) is 0 Å². The van der Waals surface area contributed by atoms with Crippen molar-refractivity contribution in [3.05, 3.63) is 11.1 Å². The molecule has 0 radical (unpaired) electrons. The molecule has 5 heteroatoms. The van der Waals surface area contributed by atoms with Crippen molar-refractivity contribution in [3.63, 3.8) is 0 Å². The molecular weight excluding hydrogens is 258 g/mol. The zero-order chi connectivity index (χ0) is 13.5. The lowest BCUT2D eigenvalue weighted by Crippen LogP contribution is -2.30. The van der Waals surface area contributed by atoms with Crippen LogP contribution < -0.4 is 10.2 Å². The molecule has 1 aromatic rings. The Labute approximate surface area is 120 Å². The van der Waals surface area contributed by atoms with Crippen molar-refractivity contribution in [2.24, 2.45) is 5.92 Å². The summed E-state index contributed by atoms with van der Waals surface area (Å²) in [6.45, 7) is 7.01. The molecule has 1 atom stereocenters. The van der Waals surface area contributed by atoms with Gasteiger partial charge in [0.2, 0.25) is 0 Å². The number of hydrogen-bond donors (Lipinski definition) is 1. The molecule has 0 spiro atoms. The fourth-order valence-corrected chi connectivity index (χ4v) is 3.16. The van der Waals surface area contributed by atoms with Crippen molar-refractivity contribution in [2.45, 2.75) is 32.7 Å². The summed E-state index contributed by atoms with van der Waals surface area (Å²) >= 11 is 1.74. The van der Waals surface area contributed by atoms with Crippen LogP contribution >= 0.6 is 11.3 Å². The molecule has 1 aromatic heterocycles. The predicted octanol–water partition coefficient (Wildman–Crippen LogP) is 2.51. The molecule has 2 heterocycles. The summed E-state index contributed by atoms with van der Waals surface area (Å²) in [7, 11) is 2.14. The van der Waals surface area contributed by atoms with Crippen molar-refractivity contribution in [1.29, 1.82) is 0 Å². The van der Waals surface area contributed by atoms with Crippen LogP contribution in [0.2, 0.25) is 0 Å². The third-order valence-corrected chi connectivity index (χ3v) is 4.39. The second-order valence-corrected chi connectivity index (χ2v) is 6.10. The molecule has 0 saturated carbocycles. The molecule has 0 aliphatic carbocycles. The van der Waals surface area contributed by atoms with Crippen molar-refractivity contribution in [1.82, 2.24) is 10.3 Å². The topological polar surface area (TPSA) is 37.4 Å².